The molecule has 0 fully saturated rings. The molecule has 0 radical (unpaired) electrons. The van der Waals surface area contributed by atoms with E-state index < -0.39 is 5.82 Å². The van der Waals surface area contributed by atoms with Crippen LogP contribution in [0.2, 0.25) is 0 Å². The molecule has 1 N–H and O–H groups in total. The largest absolute Gasteiger partial charge is 0.494 e. The fourth-order valence-electron chi connectivity index (χ4n) is 2.97. The predicted molar refractivity (Wildman–Crippen MR) is 94.5 cm³/mol. The molecule has 0 spiro atoms. The first-order valence-corrected chi connectivity index (χ1v) is 8.02. The van der Waals surface area contributed by atoms with E-state index in [2.05, 4.69) is 5.32 Å². The maximum atomic E-state index is 13.7. The van der Waals surface area contributed by atoms with E-state index in [-0.39, 0.29) is 18.2 Å². The minimum Gasteiger partial charge on any atom is -0.494 e. The number of methoxy groups -OCH3 is 1. The van der Waals surface area contributed by atoms with Crippen molar-refractivity contribution in [2.75, 3.05) is 7.11 Å². The standard InChI is InChI=1S/C20H20FNO3/c1-11-5-6-12(2)18-17(11)13(3)19(25-18)20(23)22-10-14-7-8-16(24-4)15(21)9-14/h5-9H,10H2,1-4H3,(H,22,23). The average molecular weight is 341 g/mol. The van der Waals surface area contributed by atoms with Crippen LogP contribution in [0.5, 0.6) is 5.75 Å². The van der Waals surface area contributed by atoms with Crippen LogP contribution in [0.4, 0.5) is 4.39 Å². The Kier molecular flexibility index (Phi) is 4.49. The Morgan fingerprint density at radius 2 is 1.88 bits per heavy atom. The summed E-state index contributed by atoms with van der Waals surface area (Å²) in [5.74, 6) is -0.306. The number of carbonyl (C=O) groups is 1. The van der Waals surface area contributed by atoms with Gasteiger partial charge in [-0.3, -0.25) is 4.79 Å². The summed E-state index contributed by atoms with van der Waals surface area (Å²) >= 11 is 0. The molecule has 0 saturated heterocycles. The lowest BCUT2D eigenvalue weighted by atomic mass is 10.0. The number of fused-ring (bicyclic) bond motifs is 1. The van der Waals surface area contributed by atoms with Gasteiger partial charge in [-0.1, -0.05) is 18.2 Å². The van der Waals surface area contributed by atoms with Crippen LogP contribution in [0, 0.1) is 26.6 Å². The first-order valence-electron chi connectivity index (χ1n) is 8.02. The van der Waals surface area contributed by atoms with Gasteiger partial charge in [0.2, 0.25) is 0 Å². The number of benzene rings is 2. The second-order valence-corrected chi connectivity index (χ2v) is 6.11. The quantitative estimate of drug-likeness (QED) is 0.763. The van der Waals surface area contributed by atoms with Crippen molar-refractivity contribution >= 4 is 16.9 Å². The van der Waals surface area contributed by atoms with Crippen LogP contribution in [0.25, 0.3) is 11.0 Å². The van der Waals surface area contributed by atoms with E-state index in [4.69, 9.17) is 9.15 Å². The van der Waals surface area contributed by atoms with E-state index >= 15 is 0 Å². The van der Waals surface area contributed by atoms with Gasteiger partial charge in [0.25, 0.3) is 5.91 Å². The molecular formula is C20H20FNO3. The summed E-state index contributed by atoms with van der Waals surface area (Å²) in [7, 11) is 1.41. The molecule has 4 nitrogen and oxygen atoms in total. The Morgan fingerprint density at radius 3 is 2.52 bits per heavy atom. The molecule has 5 heteroatoms. The zero-order valence-electron chi connectivity index (χ0n) is 14.7. The van der Waals surface area contributed by atoms with Gasteiger partial charge >= 0.3 is 0 Å². The first-order chi connectivity index (χ1) is 11.9. The number of amides is 1. The van der Waals surface area contributed by atoms with Gasteiger partial charge < -0.3 is 14.5 Å². The summed E-state index contributed by atoms with van der Waals surface area (Å²) in [5, 5.41) is 3.75. The predicted octanol–water partition coefficient (Wildman–Crippen LogP) is 4.44. The van der Waals surface area contributed by atoms with Gasteiger partial charge in [0.1, 0.15) is 5.58 Å². The zero-order valence-corrected chi connectivity index (χ0v) is 14.7. The normalized spacial score (nSPS) is 10.9. The third-order valence-corrected chi connectivity index (χ3v) is 4.36. The molecule has 130 valence electrons. The van der Waals surface area contributed by atoms with Crippen LogP contribution < -0.4 is 10.1 Å². The SMILES string of the molecule is COc1ccc(CNC(=O)c2oc3c(C)ccc(C)c3c2C)cc1F. The molecular weight excluding hydrogens is 321 g/mol. The third-order valence-electron chi connectivity index (χ3n) is 4.36. The van der Waals surface area contributed by atoms with Crippen LogP contribution in [-0.4, -0.2) is 13.0 Å². The molecule has 2 aromatic carbocycles. The van der Waals surface area contributed by atoms with Crippen molar-refractivity contribution in [2.45, 2.75) is 27.3 Å². The summed E-state index contributed by atoms with van der Waals surface area (Å²) in [6.07, 6.45) is 0. The Morgan fingerprint density at radius 1 is 1.16 bits per heavy atom. The number of furan rings is 1. The smallest absolute Gasteiger partial charge is 0.287 e. The highest BCUT2D eigenvalue weighted by Crippen LogP contribution is 2.30. The highest BCUT2D eigenvalue weighted by atomic mass is 19.1. The number of nitrogens with one attached hydrogen (secondary N) is 1. The van der Waals surface area contributed by atoms with Crippen molar-refractivity contribution in [3.05, 3.63) is 64.2 Å². The van der Waals surface area contributed by atoms with E-state index in [1.807, 2.05) is 32.9 Å². The van der Waals surface area contributed by atoms with Crippen LogP contribution in [0.1, 0.15) is 32.8 Å². The van der Waals surface area contributed by atoms with Crippen molar-refractivity contribution in [2.24, 2.45) is 0 Å². The molecule has 25 heavy (non-hydrogen) atoms. The number of hydrogen-bond acceptors (Lipinski definition) is 3. The van der Waals surface area contributed by atoms with Crippen molar-refractivity contribution in [3.63, 3.8) is 0 Å². The lowest BCUT2D eigenvalue weighted by Gasteiger charge is -2.06. The van der Waals surface area contributed by atoms with Gasteiger partial charge in [0.05, 0.1) is 7.11 Å². The number of hydrogen-bond donors (Lipinski definition) is 1. The zero-order chi connectivity index (χ0) is 18.1. The van der Waals surface area contributed by atoms with E-state index in [0.29, 0.717) is 11.3 Å². The second kappa shape index (κ2) is 6.59. The highest BCUT2D eigenvalue weighted by molar-refractivity contribution is 6.00. The molecule has 0 unspecified atom stereocenters. The summed E-state index contributed by atoms with van der Waals surface area (Å²) in [6, 6.07) is 8.58. The molecule has 0 atom stereocenters. The van der Waals surface area contributed by atoms with E-state index in [1.54, 1.807) is 6.07 Å². The maximum absolute atomic E-state index is 13.7. The van der Waals surface area contributed by atoms with E-state index in [9.17, 15) is 9.18 Å². The number of rotatable bonds is 4. The first kappa shape index (κ1) is 17.0. The molecule has 3 aromatic rings. The van der Waals surface area contributed by atoms with Crippen molar-refractivity contribution in [1.82, 2.24) is 5.32 Å². The Bertz CT molecular complexity index is 959. The summed E-state index contributed by atoms with van der Waals surface area (Å²) in [4.78, 5) is 12.5. The Hall–Kier alpha value is -2.82. The van der Waals surface area contributed by atoms with Crippen LogP contribution in [0.3, 0.4) is 0 Å². The number of carbonyl (C=O) groups excluding carboxylic acids is 1. The molecule has 1 heterocycles. The summed E-state index contributed by atoms with van der Waals surface area (Å²) in [6.45, 7) is 6.02. The van der Waals surface area contributed by atoms with Crippen LogP contribution in [0.15, 0.2) is 34.7 Å². The van der Waals surface area contributed by atoms with Gasteiger partial charge in [-0.05, 0) is 49.6 Å². The van der Waals surface area contributed by atoms with E-state index in [1.165, 1.54) is 19.2 Å². The maximum Gasteiger partial charge on any atom is 0.287 e. The van der Waals surface area contributed by atoms with Gasteiger partial charge in [0, 0.05) is 17.5 Å². The van der Waals surface area contributed by atoms with Crippen molar-refractivity contribution < 1.29 is 18.3 Å². The van der Waals surface area contributed by atoms with E-state index in [0.717, 1.165) is 27.7 Å². The number of ether oxygens (including phenoxy) is 1. The summed E-state index contributed by atoms with van der Waals surface area (Å²) in [5.41, 5.74) is 4.25. The fraction of sp³-hybridized carbons (Fsp3) is 0.250. The second-order valence-electron chi connectivity index (χ2n) is 6.11. The number of aryl methyl sites for hydroxylation is 3. The Labute approximate surface area is 145 Å². The lowest BCUT2D eigenvalue weighted by molar-refractivity contribution is 0.0924. The van der Waals surface area contributed by atoms with Crippen LogP contribution in [-0.2, 0) is 6.54 Å². The Balaban J connectivity index is 1.83. The minimum absolute atomic E-state index is 0.175. The fourth-order valence-corrected chi connectivity index (χ4v) is 2.97. The topological polar surface area (TPSA) is 51.5 Å². The van der Waals surface area contributed by atoms with Crippen LogP contribution >= 0.6 is 0 Å². The minimum atomic E-state index is -0.458. The van der Waals surface area contributed by atoms with Crippen molar-refractivity contribution in [1.29, 1.82) is 0 Å². The average Bonchev–Trinajstić information content (AvgIpc) is 2.95. The molecule has 3 rings (SSSR count). The molecule has 0 aliphatic rings. The molecule has 0 aliphatic carbocycles. The van der Waals surface area contributed by atoms with Gasteiger partial charge in [0.15, 0.2) is 17.3 Å². The molecule has 1 amide bonds. The third kappa shape index (κ3) is 3.09. The molecule has 0 aliphatic heterocycles. The molecule has 0 saturated carbocycles. The van der Waals surface area contributed by atoms with Crippen molar-refractivity contribution in [3.8, 4) is 5.75 Å². The van der Waals surface area contributed by atoms with Gasteiger partial charge in [-0.25, -0.2) is 4.39 Å². The summed E-state index contributed by atoms with van der Waals surface area (Å²) < 4.78 is 24.4. The number of halogens is 1. The lowest BCUT2D eigenvalue weighted by Crippen LogP contribution is -2.23. The molecule has 0 bridgehead atoms. The highest BCUT2D eigenvalue weighted by Gasteiger charge is 2.19. The molecule has 1 aromatic heterocycles. The van der Waals surface area contributed by atoms with Gasteiger partial charge in [-0.15, -0.1) is 0 Å². The monoisotopic (exact) mass is 341 g/mol. The van der Waals surface area contributed by atoms with Gasteiger partial charge in [-0.2, -0.15) is 0 Å².